The highest BCUT2D eigenvalue weighted by molar-refractivity contribution is 7.99. The van der Waals surface area contributed by atoms with E-state index in [1.807, 2.05) is 36.5 Å². The Hall–Kier alpha value is -1.03. The minimum atomic E-state index is 0.189. The minimum Gasteiger partial charge on any atom is -0.327 e. The Morgan fingerprint density at radius 1 is 1.26 bits per heavy atom. The first-order chi connectivity index (χ1) is 9.19. The van der Waals surface area contributed by atoms with Crippen molar-refractivity contribution in [3.8, 4) is 0 Å². The number of pyridine rings is 1. The number of benzene rings is 1. The highest BCUT2D eigenvalue weighted by Gasteiger charge is 2.09. The standard InChI is InChI=1S/C15H17ClN2S/c1-2-13(17)10-11-4-3-9-18-15(11)19-14-7-5-12(16)6-8-14/h3-9,13H,2,10,17H2,1H3. The quantitative estimate of drug-likeness (QED) is 0.899. The zero-order chi connectivity index (χ0) is 13.7. The molecule has 2 aromatic rings. The van der Waals surface area contributed by atoms with Gasteiger partial charge in [0.1, 0.15) is 5.03 Å². The van der Waals surface area contributed by atoms with Gasteiger partial charge in [-0.05, 0) is 48.7 Å². The van der Waals surface area contributed by atoms with E-state index in [4.69, 9.17) is 17.3 Å². The minimum absolute atomic E-state index is 0.189. The van der Waals surface area contributed by atoms with Crippen LogP contribution in [-0.2, 0) is 6.42 Å². The van der Waals surface area contributed by atoms with Crippen LogP contribution < -0.4 is 5.73 Å². The number of hydrogen-bond acceptors (Lipinski definition) is 3. The molecule has 0 fully saturated rings. The van der Waals surface area contributed by atoms with Crippen molar-refractivity contribution in [2.45, 2.75) is 35.7 Å². The van der Waals surface area contributed by atoms with Crippen molar-refractivity contribution >= 4 is 23.4 Å². The number of aromatic nitrogens is 1. The fourth-order valence-corrected chi connectivity index (χ4v) is 2.73. The molecule has 2 N–H and O–H groups in total. The maximum absolute atomic E-state index is 6.03. The van der Waals surface area contributed by atoms with E-state index in [9.17, 15) is 0 Å². The van der Waals surface area contributed by atoms with E-state index >= 15 is 0 Å². The van der Waals surface area contributed by atoms with Gasteiger partial charge in [-0.3, -0.25) is 0 Å². The summed E-state index contributed by atoms with van der Waals surface area (Å²) in [5.74, 6) is 0. The Morgan fingerprint density at radius 3 is 2.68 bits per heavy atom. The van der Waals surface area contributed by atoms with Crippen LogP contribution in [0.2, 0.25) is 5.02 Å². The van der Waals surface area contributed by atoms with Crippen LogP contribution in [-0.4, -0.2) is 11.0 Å². The molecule has 0 aliphatic carbocycles. The Bertz CT molecular complexity index is 528. The summed E-state index contributed by atoms with van der Waals surface area (Å²) in [6, 6.07) is 12.0. The van der Waals surface area contributed by atoms with Crippen LogP contribution in [0.25, 0.3) is 0 Å². The second kappa shape index (κ2) is 6.94. The summed E-state index contributed by atoms with van der Waals surface area (Å²) in [6.45, 7) is 2.10. The van der Waals surface area contributed by atoms with Gasteiger partial charge in [0.25, 0.3) is 0 Å². The van der Waals surface area contributed by atoms with E-state index in [0.29, 0.717) is 0 Å². The fourth-order valence-electron chi connectivity index (χ4n) is 1.71. The van der Waals surface area contributed by atoms with Gasteiger partial charge >= 0.3 is 0 Å². The average molecular weight is 293 g/mol. The Morgan fingerprint density at radius 2 is 2.00 bits per heavy atom. The van der Waals surface area contributed by atoms with Gasteiger partial charge in [0.15, 0.2) is 0 Å². The normalized spacial score (nSPS) is 12.4. The van der Waals surface area contributed by atoms with Gasteiger partial charge in [0, 0.05) is 22.2 Å². The molecule has 0 aliphatic heterocycles. The third kappa shape index (κ3) is 4.23. The molecule has 1 heterocycles. The second-order valence-electron chi connectivity index (χ2n) is 4.40. The largest absolute Gasteiger partial charge is 0.327 e. The third-order valence-electron chi connectivity index (χ3n) is 2.88. The van der Waals surface area contributed by atoms with Crippen molar-refractivity contribution < 1.29 is 0 Å². The Kier molecular flexibility index (Phi) is 5.25. The average Bonchev–Trinajstić information content (AvgIpc) is 2.43. The Labute approximate surface area is 123 Å². The van der Waals surface area contributed by atoms with Gasteiger partial charge in [0.2, 0.25) is 0 Å². The number of halogens is 1. The smallest absolute Gasteiger partial charge is 0.104 e. The molecule has 1 aromatic carbocycles. The van der Waals surface area contributed by atoms with Gasteiger partial charge in [-0.1, -0.05) is 36.4 Å². The van der Waals surface area contributed by atoms with Crippen LogP contribution in [0.3, 0.4) is 0 Å². The van der Waals surface area contributed by atoms with E-state index in [1.165, 1.54) is 5.56 Å². The van der Waals surface area contributed by atoms with Crippen LogP contribution in [0.4, 0.5) is 0 Å². The lowest BCUT2D eigenvalue weighted by atomic mass is 10.1. The topological polar surface area (TPSA) is 38.9 Å². The van der Waals surface area contributed by atoms with Crippen molar-refractivity contribution in [2.75, 3.05) is 0 Å². The second-order valence-corrected chi connectivity index (χ2v) is 5.89. The monoisotopic (exact) mass is 292 g/mol. The summed E-state index contributed by atoms with van der Waals surface area (Å²) < 4.78 is 0. The molecule has 0 bridgehead atoms. The van der Waals surface area contributed by atoms with Gasteiger partial charge < -0.3 is 5.73 Å². The summed E-state index contributed by atoms with van der Waals surface area (Å²) in [5.41, 5.74) is 7.24. The van der Waals surface area contributed by atoms with Crippen molar-refractivity contribution in [3.05, 3.63) is 53.2 Å². The van der Waals surface area contributed by atoms with Gasteiger partial charge in [0.05, 0.1) is 0 Å². The molecule has 0 saturated carbocycles. The predicted octanol–water partition coefficient (Wildman–Crippen LogP) is 4.17. The third-order valence-corrected chi connectivity index (χ3v) is 4.21. The predicted molar refractivity (Wildman–Crippen MR) is 81.8 cm³/mol. The number of rotatable bonds is 5. The molecular weight excluding hydrogens is 276 g/mol. The van der Waals surface area contributed by atoms with Crippen LogP contribution in [0.15, 0.2) is 52.5 Å². The lowest BCUT2D eigenvalue weighted by Gasteiger charge is -2.12. The molecule has 1 atom stereocenters. The zero-order valence-electron chi connectivity index (χ0n) is 10.8. The van der Waals surface area contributed by atoms with Crippen molar-refractivity contribution in [1.29, 1.82) is 0 Å². The lowest BCUT2D eigenvalue weighted by Crippen LogP contribution is -2.21. The van der Waals surface area contributed by atoms with Crippen LogP contribution in [0, 0.1) is 0 Å². The maximum atomic E-state index is 6.03. The fraction of sp³-hybridized carbons (Fsp3) is 0.267. The molecule has 0 radical (unpaired) electrons. The molecule has 0 aliphatic rings. The van der Waals surface area contributed by atoms with Crippen LogP contribution >= 0.6 is 23.4 Å². The zero-order valence-corrected chi connectivity index (χ0v) is 12.4. The molecule has 2 nitrogen and oxygen atoms in total. The molecule has 0 saturated heterocycles. The van der Waals surface area contributed by atoms with Crippen molar-refractivity contribution in [1.82, 2.24) is 4.98 Å². The number of nitrogens with zero attached hydrogens (tertiary/aromatic N) is 1. The first kappa shape index (κ1) is 14.4. The van der Waals surface area contributed by atoms with E-state index in [2.05, 4.69) is 18.0 Å². The van der Waals surface area contributed by atoms with Gasteiger partial charge in [-0.15, -0.1) is 0 Å². The SMILES string of the molecule is CCC(N)Cc1cccnc1Sc1ccc(Cl)cc1. The summed E-state index contributed by atoms with van der Waals surface area (Å²) >= 11 is 7.54. The first-order valence-corrected chi connectivity index (χ1v) is 7.51. The first-order valence-electron chi connectivity index (χ1n) is 6.32. The Balaban J connectivity index is 2.17. The molecule has 4 heteroatoms. The van der Waals surface area contributed by atoms with Crippen LogP contribution in [0.1, 0.15) is 18.9 Å². The van der Waals surface area contributed by atoms with Gasteiger partial charge in [-0.2, -0.15) is 0 Å². The molecule has 19 heavy (non-hydrogen) atoms. The maximum Gasteiger partial charge on any atom is 0.104 e. The highest BCUT2D eigenvalue weighted by Crippen LogP contribution is 2.30. The molecule has 2 rings (SSSR count). The molecule has 0 spiro atoms. The summed E-state index contributed by atoms with van der Waals surface area (Å²) in [7, 11) is 0. The molecule has 1 aromatic heterocycles. The van der Waals surface area contributed by atoms with Gasteiger partial charge in [-0.25, -0.2) is 4.98 Å². The van der Waals surface area contributed by atoms with E-state index < -0.39 is 0 Å². The summed E-state index contributed by atoms with van der Waals surface area (Å²) in [5, 5.41) is 1.77. The van der Waals surface area contributed by atoms with Crippen molar-refractivity contribution in [2.24, 2.45) is 5.73 Å². The van der Waals surface area contributed by atoms with E-state index in [-0.39, 0.29) is 6.04 Å². The molecule has 0 amide bonds. The summed E-state index contributed by atoms with van der Waals surface area (Å²) in [4.78, 5) is 5.59. The molecular formula is C15H17ClN2S. The van der Waals surface area contributed by atoms with Crippen LogP contribution in [0.5, 0.6) is 0 Å². The lowest BCUT2D eigenvalue weighted by molar-refractivity contribution is 0.637. The highest BCUT2D eigenvalue weighted by atomic mass is 35.5. The molecule has 1 unspecified atom stereocenters. The van der Waals surface area contributed by atoms with Crippen molar-refractivity contribution in [3.63, 3.8) is 0 Å². The number of nitrogens with two attached hydrogens (primary N) is 1. The molecule has 100 valence electrons. The number of hydrogen-bond donors (Lipinski definition) is 1. The van der Waals surface area contributed by atoms with E-state index in [1.54, 1.807) is 11.8 Å². The summed E-state index contributed by atoms with van der Waals surface area (Å²) in [6.07, 6.45) is 3.65. The van der Waals surface area contributed by atoms with E-state index in [0.717, 1.165) is 27.8 Å².